The van der Waals surface area contributed by atoms with E-state index >= 15 is 0 Å². The van der Waals surface area contributed by atoms with Crippen molar-refractivity contribution in [3.63, 3.8) is 0 Å². The molecule has 0 fully saturated rings. The Morgan fingerprint density at radius 3 is 2.44 bits per heavy atom. The standard InChI is InChI=1S/C20H29N3O2/c1-4-7-8-11-16-24-20(5-2,6-3)25-19-13-10-9-12-17(19)18-14-15-21-23-22-18/h9-10,12-15H,4-8,11,16H2,1-3H3. The summed E-state index contributed by atoms with van der Waals surface area (Å²) in [6, 6.07) is 9.70. The fourth-order valence-electron chi connectivity index (χ4n) is 2.77. The second kappa shape index (κ2) is 10.1. The number of aromatic nitrogens is 3. The Labute approximate surface area is 150 Å². The van der Waals surface area contributed by atoms with E-state index in [1.807, 2.05) is 30.3 Å². The molecular formula is C20H29N3O2. The molecule has 0 spiro atoms. The van der Waals surface area contributed by atoms with Crippen molar-refractivity contribution in [3.05, 3.63) is 36.5 Å². The van der Waals surface area contributed by atoms with Crippen LogP contribution in [-0.2, 0) is 4.74 Å². The Bertz CT molecular complexity index is 615. The van der Waals surface area contributed by atoms with E-state index in [1.54, 1.807) is 6.20 Å². The summed E-state index contributed by atoms with van der Waals surface area (Å²) in [4.78, 5) is 0. The molecule has 25 heavy (non-hydrogen) atoms. The molecule has 0 saturated carbocycles. The molecule has 5 heteroatoms. The van der Waals surface area contributed by atoms with Crippen LogP contribution in [0.2, 0.25) is 0 Å². The molecule has 0 aliphatic carbocycles. The molecule has 0 N–H and O–H groups in total. The van der Waals surface area contributed by atoms with E-state index in [2.05, 4.69) is 36.2 Å². The van der Waals surface area contributed by atoms with Gasteiger partial charge in [-0.15, -0.1) is 10.2 Å². The first-order valence-electron chi connectivity index (χ1n) is 9.31. The van der Waals surface area contributed by atoms with Crippen molar-refractivity contribution in [2.24, 2.45) is 0 Å². The molecule has 5 nitrogen and oxygen atoms in total. The third-order valence-corrected chi connectivity index (χ3v) is 4.40. The first-order chi connectivity index (χ1) is 12.2. The van der Waals surface area contributed by atoms with Crippen LogP contribution in [0.1, 0.15) is 59.3 Å². The fraction of sp³-hybridized carbons (Fsp3) is 0.550. The van der Waals surface area contributed by atoms with Crippen LogP contribution in [0, 0.1) is 0 Å². The van der Waals surface area contributed by atoms with E-state index < -0.39 is 5.79 Å². The van der Waals surface area contributed by atoms with Crippen LogP contribution in [-0.4, -0.2) is 27.8 Å². The first-order valence-corrected chi connectivity index (χ1v) is 9.31. The van der Waals surface area contributed by atoms with Crippen molar-refractivity contribution in [1.29, 1.82) is 0 Å². The van der Waals surface area contributed by atoms with Crippen LogP contribution in [0.4, 0.5) is 0 Å². The predicted octanol–water partition coefficient (Wildman–Crippen LogP) is 5.03. The highest BCUT2D eigenvalue weighted by Gasteiger charge is 2.30. The lowest BCUT2D eigenvalue weighted by Crippen LogP contribution is -2.38. The molecule has 1 aromatic carbocycles. The maximum absolute atomic E-state index is 6.38. The van der Waals surface area contributed by atoms with Gasteiger partial charge < -0.3 is 9.47 Å². The lowest BCUT2D eigenvalue weighted by atomic mass is 10.1. The molecule has 0 amide bonds. The summed E-state index contributed by atoms with van der Waals surface area (Å²) in [7, 11) is 0. The molecule has 0 bridgehead atoms. The highest BCUT2D eigenvalue weighted by Crippen LogP contribution is 2.33. The molecule has 2 aromatic rings. The topological polar surface area (TPSA) is 57.1 Å². The maximum atomic E-state index is 6.38. The molecule has 0 saturated heterocycles. The summed E-state index contributed by atoms with van der Waals surface area (Å²) in [5, 5.41) is 11.6. The second-order valence-electron chi connectivity index (χ2n) is 6.13. The third-order valence-electron chi connectivity index (χ3n) is 4.40. The smallest absolute Gasteiger partial charge is 0.210 e. The Kier molecular flexibility index (Phi) is 7.79. The van der Waals surface area contributed by atoms with Crippen LogP contribution < -0.4 is 4.74 Å². The van der Waals surface area contributed by atoms with Crippen molar-refractivity contribution in [3.8, 4) is 17.0 Å². The maximum Gasteiger partial charge on any atom is 0.210 e. The number of hydrogen-bond donors (Lipinski definition) is 0. The van der Waals surface area contributed by atoms with Crippen molar-refractivity contribution in [2.45, 2.75) is 65.1 Å². The minimum absolute atomic E-state index is 0.608. The van der Waals surface area contributed by atoms with E-state index in [4.69, 9.17) is 9.47 Å². The average molecular weight is 343 g/mol. The molecule has 136 valence electrons. The fourth-order valence-corrected chi connectivity index (χ4v) is 2.77. The molecule has 0 atom stereocenters. The summed E-state index contributed by atoms with van der Waals surface area (Å²) in [5.74, 6) is 0.156. The van der Waals surface area contributed by atoms with Gasteiger partial charge in [0, 0.05) is 18.4 Å². The Morgan fingerprint density at radius 1 is 0.960 bits per heavy atom. The minimum Gasteiger partial charge on any atom is -0.462 e. The zero-order valence-corrected chi connectivity index (χ0v) is 15.6. The van der Waals surface area contributed by atoms with Gasteiger partial charge in [-0.2, -0.15) is 0 Å². The van der Waals surface area contributed by atoms with Gasteiger partial charge in [0.1, 0.15) is 11.4 Å². The van der Waals surface area contributed by atoms with E-state index in [-0.39, 0.29) is 0 Å². The number of hydrogen-bond acceptors (Lipinski definition) is 5. The Hall–Kier alpha value is -2.01. The lowest BCUT2D eigenvalue weighted by Gasteiger charge is -2.33. The van der Waals surface area contributed by atoms with E-state index in [0.717, 1.165) is 42.9 Å². The van der Waals surface area contributed by atoms with Gasteiger partial charge in [-0.25, -0.2) is 0 Å². The van der Waals surface area contributed by atoms with Gasteiger partial charge in [-0.05, 0) is 29.8 Å². The van der Waals surface area contributed by atoms with Crippen LogP contribution in [0.5, 0.6) is 5.75 Å². The Balaban J connectivity index is 2.14. The van der Waals surface area contributed by atoms with E-state index in [0.29, 0.717) is 0 Å². The number of nitrogens with zero attached hydrogens (tertiary/aromatic N) is 3. The van der Waals surface area contributed by atoms with Gasteiger partial charge >= 0.3 is 0 Å². The number of para-hydroxylation sites is 1. The second-order valence-corrected chi connectivity index (χ2v) is 6.13. The molecule has 0 aliphatic rings. The summed E-state index contributed by atoms with van der Waals surface area (Å²) in [5.41, 5.74) is 1.65. The zero-order valence-electron chi connectivity index (χ0n) is 15.6. The van der Waals surface area contributed by atoms with Gasteiger partial charge in [-0.3, -0.25) is 0 Å². The quantitative estimate of drug-likeness (QED) is 0.423. The largest absolute Gasteiger partial charge is 0.462 e. The van der Waals surface area contributed by atoms with Gasteiger partial charge in [0.25, 0.3) is 0 Å². The van der Waals surface area contributed by atoms with Crippen molar-refractivity contribution < 1.29 is 9.47 Å². The zero-order chi connectivity index (χ0) is 18.0. The van der Waals surface area contributed by atoms with Crippen molar-refractivity contribution >= 4 is 0 Å². The summed E-state index contributed by atoms with van der Waals surface area (Å²) < 4.78 is 12.6. The number of benzene rings is 1. The molecule has 2 rings (SSSR count). The summed E-state index contributed by atoms with van der Waals surface area (Å²) in [6.45, 7) is 7.14. The van der Waals surface area contributed by atoms with Crippen LogP contribution >= 0.6 is 0 Å². The molecule has 0 unspecified atom stereocenters. The van der Waals surface area contributed by atoms with Crippen molar-refractivity contribution in [1.82, 2.24) is 15.4 Å². The van der Waals surface area contributed by atoms with Crippen LogP contribution in [0.15, 0.2) is 36.5 Å². The van der Waals surface area contributed by atoms with E-state index in [9.17, 15) is 0 Å². The molecule has 0 aliphatic heterocycles. The van der Waals surface area contributed by atoms with Gasteiger partial charge in [0.05, 0.1) is 12.8 Å². The monoisotopic (exact) mass is 343 g/mol. The predicted molar refractivity (Wildman–Crippen MR) is 99.3 cm³/mol. The molecular weight excluding hydrogens is 314 g/mol. The number of unbranched alkanes of at least 4 members (excludes halogenated alkanes) is 3. The van der Waals surface area contributed by atoms with Gasteiger partial charge in [-0.1, -0.05) is 52.2 Å². The number of ether oxygens (including phenoxy) is 2. The minimum atomic E-state index is -0.608. The lowest BCUT2D eigenvalue weighted by molar-refractivity contribution is -0.187. The Morgan fingerprint density at radius 2 is 1.76 bits per heavy atom. The highest BCUT2D eigenvalue weighted by atomic mass is 16.7. The van der Waals surface area contributed by atoms with Crippen molar-refractivity contribution in [2.75, 3.05) is 6.61 Å². The SMILES string of the molecule is CCCCCCOC(CC)(CC)Oc1ccccc1-c1ccnnn1. The number of rotatable bonds is 11. The molecule has 1 aromatic heterocycles. The normalized spacial score (nSPS) is 11.5. The summed E-state index contributed by atoms with van der Waals surface area (Å²) >= 11 is 0. The third kappa shape index (κ3) is 5.49. The van der Waals surface area contributed by atoms with E-state index in [1.165, 1.54) is 19.3 Å². The summed E-state index contributed by atoms with van der Waals surface area (Å²) in [6.07, 6.45) is 7.94. The highest BCUT2D eigenvalue weighted by molar-refractivity contribution is 5.66. The average Bonchev–Trinajstić information content (AvgIpc) is 2.68. The van der Waals surface area contributed by atoms with Gasteiger partial charge in [0.2, 0.25) is 5.79 Å². The van der Waals surface area contributed by atoms with Gasteiger partial charge in [0.15, 0.2) is 0 Å². The van der Waals surface area contributed by atoms with Crippen LogP contribution in [0.3, 0.4) is 0 Å². The van der Waals surface area contributed by atoms with Crippen LogP contribution in [0.25, 0.3) is 11.3 Å². The first kappa shape index (κ1) is 19.3. The molecule has 0 radical (unpaired) electrons. The molecule has 1 heterocycles.